The molecular formula is C43H84N2O3S. The van der Waals surface area contributed by atoms with E-state index in [0.29, 0.717) is 120 Å². The fraction of sp³-hybridized carbons (Fsp3) is 0.953. The van der Waals surface area contributed by atoms with Crippen LogP contribution >= 0.6 is 11.8 Å². The van der Waals surface area contributed by atoms with Crippen LogP contribution in [-0.2, 0) is 9.59 Å². The lowest BCUT2D eigenvalue weighted by Crippen LogP contribution is -2.41. The minimum atomic E-state index is -0.957. The maximum absolute atomic E-state index is 12.5. The van der Waals surface area contributed by atoms with Crippen molar-refractivity contribution in [3.8, 4) is 0 Å². The zero-order valence-corrected chi connectivity index (χ0v) is 35.7. The molecule has 1 aliphatic rings. The highest BCUT2D eigenvalue weighted by molar-refractivity contribution is 7.99. The van der Waals surface area contributed by atoms with E-state index < -0.39 is 12.0 Å². The number of nitrogens with two attached hydrogens (primary N) is 1. The van der Waals surface area contributed by atoms with Gasteiger partial charge in [-0.05, 0) is 133 Å². The Labute approximate surface area is 309 Å². The van der Waals surface area contributed by atoms with Crippen molar-refractivity contribution >= 4 is 23.6 Å². The summed E-state index contributed by atoms with van der Waals surface area (Å²) in [5.74, 6) is 10.1. The predicted octanol–water partition coefficient (Wildman–Crippen LogP) is 10.9. The molecule has 15 unspecified atom stereocenters. The van der Waals surface area contributed by atoms with Crippen LogP contribution in [0.25, 0.3) is 0 Å². The van der Waals surface area contributed by atoms with E-state index in [1.165, 1.54) is 0 Å². The summed E-state index contributed by atoms with van der Waals surface area (Å²) in [6.07, 6.45) is 5.20. The molecular weight excluding hydrogens is 625 g/mol. The molecule has 0 saturated heterocycles. The maximum Gasteiger partial charge on any atom is 0.326 e. The number of carboxylic acid groups (broad SMARTS) is 1. The predicted molar refractivity (Wildman–Crippen MR) is 215 cm³/mol. The van der Waals surface area contributed by atoms with Crippen molar-refractivity contribution in [1.82, 2.24) is 5.32 Å². The maximum atomic E-state index is 12.5. The fourth-order valence-electron chi connectivity index (χ4n) is 9.41. The summed E-state index contributed by atoms with van der Waals surface area (Å²) in [6.45, 7) is 38.7. The van der Waals surface area contributed by atoms with Crippen molar-refractivity contribution in [2.75, 3.05) is 12.3 Å². The van der Waals surface area contributed by atoms with Gasteiger partial charge in [0.15, 0.2) is 0 Å². The Kier molecular flexibility index (Phi) is 21.1. The van der Waals surface area contributed by atoms with Gasteiger partial charge in [-0.15, -0.1) is 0 Å². The fourth-order valence-corrected chi connectivity index (χ4v) is 11.2. The first-order valence-electron chi connectivity index (χ1n) is 20.6. The molecule has 1 fully saturated rings. The topological polar surface area (TPSA) is 92.4 Å². The summed E-state index contributed by atoms with van der Waals surface area (Å²) in [5, 5.41) is 12.8. The third-order valence-corrected chi connectivity index (χ3v) is 17.4. The van der Waals surface area contributed by atoms with E-state index in [0.717, 1.165) is 31.4 Å². The van der Waals surface area contributed by atoms with Gasteiger partial charge in [-0.2, -0.15) is 11.8 Å². The number of thioether (sulfide) groups is 1. The number of carbonyl (C=O) groups is 2. The molecule has 0 aromatic carbocycles. The number of aliphatic carboxylic acids is 1. The van der Waals surface area contributed by atoms with Crippen molar-refractivity contribution in [3.05, 3.63) is 0 Å². The number of carboxylic acids is 1. The summed E-state index contributed by atoms with van der Waals surface area (Å²) in [5.41, 5.74) is 5.55. The number of unbranched alkanes of at least 4 members (excludes halogenated alkanes) is 3. The smallest absolute Gasteiger partial charge is 0.326 e. The third-order valence-electron chi connectivity index (χ3n) is 15.6. The lowest BCUT2D eigenvalue weighted by atomic mass is 9.61. The number of carbonyl (C=O) groups excluding carboxylic acids is 1. The van der Waals surface area contributed by atoms with E-state index in [4.69, 9.17) is 5.73 Å². The molecule has 290 valence electrons. The summed E-state index contributed by atoms with van der Waals surface area (Å²) < 4.78 is 0. The van der Waals surface area contributed by atoms with E-state index in [1.807, 2.05) is 0 Å². The van der Waals surface area contributed by atoms with Crippen LogP contribution < -0.4 is 11.1 Å². The summed E-state index contributed by atoms with van der Waals surface area (Å²) >= 11 is 2.19. The number of amides is 1. The number of hydrogen-bond acceptors (Lipinski definition) is 4. The molecule has 5 nitrogen and oxygen atoms in total. The second kappa shape index (κ2) is 22.3. The quantitative estimate of drug-likeness (QED) is 0.166. The van der Waals surface area contributed by atoms with E-state index in [2.05, 4.69) is 121 Å². The second-order valence-electron chi connectivity index (χ2n) is 17.8. The Morgan fingerprint density at radius 2 is 0.878 bits per heavy atom. The molecule has 0 aliphatic heterocycles. The van der Waals surface area contributed by atoms with E-state index in [9.17, 15) is 14.7 Å². The highest BCUT2D eigenvalue weighted by atomic mass is 32.2. The number of hydrogen-bond donors (Lipinski definition) is 3. The molecule has 1 aliphatic carbocycles. The standard InChI is InChI=1S/C43H84N2O3S/c1-25-26(2)28(4)30(6)32(8)34(10)36(12)38(14)42(39(15)37(13)35(11)33(9)31(7)29(5)27(25)3)49-24-20-16-17-22-41(46)45-40(43(47)48)21-18-19-23-44/h25-40,42H,16-24,44H2,1-15H3,(H,45,46)(H,47,48). The van der Waals surface area contributed by atoms with Crippen LogP contribution in [0, 0.1) is 88.8 Å². The molecule has 6 heteroatoms. The lowest BCUT2D eigenvalue weighted by molar-refractivity contribution is -0.142. The SMILES string of the molecule is CC1C(C)C(C)C(C)C(C)C(C)C(C)C(C)C(SCCCCCC(=O)NC(CCCCN)C(=O)O)C(C)C(C)C(C)C(C)C(C)C(C)C1C. The Morgan fingerprint density at radius 3 is 1.20 bits per heavy atom. The Balaban J connectivity index is 3.11. The van der Waals surface area contributed by atoms with E-state index in [-0.39, 0.29) is 5.91 Å². The van der Waals surface area contributed by atoms with Crippen molar-refractivity contribution < 1.29 is 14.7 Å². The molecule has 1 amide bonds. The number of nitrogens with one attached hydrogen (secondary N) is 1. The van der Waals surface area contributed by atoms with Crippen molar-refractivity contribution in [3.63, 3.8) is 0 Å². The van der Waals surface area contributed by atoms with Gasteiger partial charge >= 0.3 is 5.97 Å². The molecule has 1 saturated carbocycles. The molecule has 4 N–H and O–H groups in total. The highest BCUT2D eigenvalue weighted by Gasteiger charge is 2.41. The van der Waals surface area contributed by atoms with Crippen molar-refractivity contribution in [2.24, 2.45) is 94.5 Å². The molecule has 0 bridgehead atoms. The molecule has 0 radical (unpaired) electrons. The summed E-state index contributed by atoms with van der Waals surface area (Å²) in [4.78, 5) is 24.2. The Morgan fingerprint density at radius 1 is 0.531 bits per heavy atom. The first-order chi connectivity index (χ1) is 22.8. The minimum absolute atomic E-state index is 0.146. The molecule has 15 atom stereocenters. The van der Waals surface area contributed by atoms with Gasteiger partial charge in [-0.25, -0.2) is 4.79 Å². The monoisotopic (exact) mass is 709 g/mol. The zero-order chi connectivity index (χ0) is 37.7. The minimum Gasteiger partial charge on any atom is -0.480 e. The number of rotatable bonds is 13. The summed E-state index contributed by atoms with van der Waals surface area (Å²) in [7, 11) is 0. The average Bonchev–Trinajstić information content (AvgIpc) is 3.08. The largest absolute Gasteiger partial charge is 0.480 e. The first kappa shape index (κ1) is 46.3. The van der Waals surface area contributed by atoms with Crippen LogP contribution in [0.4, 0.5) is 0 Å². The first-order valence-corrected chi connectivity index (χ1v) is 21.7. The van der Waals surface area contributed by atoms with Gasteiger partial charge in [-0.3, -0.25) is 4.79 Å². The molecule has 0 spiro atoms. The van der Waals surface area contributed by atoms with Crippen LogP contribution in [0.1, 0.15) is 149 Å². The highest BCUT2D eigenvalue weighted by Crippen LogP contribution is 2.47. The van der Waals surface area contributed by atoms with Crippen molar-refractivity contribution in [2.45, 2.75) is 160 Å². The molecule has 0 aromatic rings. The molecule has 1 rings (SSSR count). The van der Waals surface area contributed by atoms with E-state index in [1.54, 1.807) is 0 Å². The van der Waals surface area contributed by atoms with Gasteiger partial charge in [0, 0.05) is 11.7 Å². The van der Waals surface area contributed by atoms with Gasteiger partial charge in [0.05, 0.1) is 0 Å². The van der Waals surface area contributed by atoms with Crippen LogP contribution in [-0.4, -0.2) is 40.6 Å². The molecule has 49 heavy (non-hydrogen) atoms. The third kappa shape index (κ3) is 13.3. The molecule has 0 heterocycles. The normalized spacial score (nSPS) is 40.8. The van der Waals surface area contributed by atoms with Gasteiger partial charge in [0.2, 0.25) is 5.91 Å². The van der Waals surface area contributed by atoms with Crippen LogP contribution in [0.2, 0.25) is 0 Å². The van der Waals surface area contributed by atoms with E-state index >= 15 is 0 Å². The second-order valence-corrected chi connectivity index (χ2v) is 19.1. The average molecular weight is 709 g/mol. The van der Waals surface area contributed by atoms with Crippen LogP contribution in [0.15, 0.2) is 0 Å². The van der Waals surface area contributed by atoms with Crippen LogP contribution in [0.3, 0.4) is 0 Å². The zero-order valence-electron chi connectivity index (χ0n) is 34.9. The van der Waals surface area contributed by atoms with Gasteiger partial charge in [0.25, 0.3) is 0 Å². The summed E-state index contributed by atoms with van der Waals surface area (Å²) in [6, 6.07) is -0.812. The van der Waals surface area contributed by atoms with Gasteiger partial charge in [0.1, 0.15) is 6.04 Å². The lowest BCUT2D eigenvalue weighted by Gasteiger charge is -2.46. The van der Waals surface area contributed by atoms with Crippen molar-refractivity contribution in [1.29, 1.82) is 0 Å². The van der Waals surface area contributed by atoms with Crippen LogP contribution in [0.5, 0.6) is 0 Å². The Hall–Kier alpha value is -0.750. The Bertz CT molecular complexity index is 900. The van der Waals surface area contributed by atoms with Gasteiger partial charge < -0.3 is 16.2 Å². The molecule has 0 aromatic heterocycles. The van der Waals surface area contributed by atoms with Gasteiger partial charge in [-0.1, -0.05) is 110 Å².